The molecule has 0 aliphatic heterocycles. The highest BCUT2D eigenvalue weighted by molar-refractivity contribution is 7.97. The number of rotatable bonds is 10. The molecule has 4 aromatic rings. The first-order valence-corrected chi connectivity index (χ1v) is 12.4. The van der Waals surface area contributed by atoms with Gasteiger partial charge in [-0.1, -0.05) is 50.2 Å². The molecule has 0 unspecified atom stereocenters. The van der Waals surface area contributed by atoms with Gasteiger partial charge < -0.3 is 19.8 Å². The molecular formula is C26H34N4S. The van der Waals surface area contributed by atoms with Crippen molar-refractivity contribution in [3.8, 4) is 0 Å². The van der Waals surface area contributed by atoms with Crippen LogP contribution in [0.2, 0.25) is 0 Å². The molecule has 5 heteroatoms. The summed E-state index contributed by atoms with van der Waals surface area (Å²) in [5.74, 6) is 2.03. The Bertz CT molecular complexity index is 1050. The van der Waals surface area contributed by atoms with Crippen molar-refractivity contribution in [1.29, 1.82) is 0 Å². The lowest BCUT2D eigenvalue weighted by Crippen LogP contribution is -2.18. The Labute approximate surface area is 190 Å². The number of thioether (sulfide) groups is 1. The van der Waals surface area contributed by atoms with Gasteiger partial charge in [0.15, 0.2) is 0 Å². The first-order chi connectivity index (χ1) is 15.1. The van der Waals surface area contributed by atoms with Crippen molar-refractivity contribution in [3.63, 3.8) is 0 Å². The highest BCUT2D eigenvalue weighted by Gasteiger charge is 2.15. The van der Waals surface area contributed by atoms with Gasteiger partial charge in [0.1, 0.15) is 0 Å². The summed E-state index contributed by atoms with van der Waals surface area (Å²) in [5, 5.41) is 2.72. The number of benzene rings is 2. The Morgan fingerprint density at radius 1 is 0.677 bits per heavy atom. The number of nitrogens with zero attached hydrogens (tertiary/aromatic N) is 2. The summed E-state index contributed by atoms with van der Waals surface area (Å²) in [6.07, 6.45) is 0. The molecule has 0 amide bonds. The number of H-pyrrole nitrogens is 2. The van der Waals surface area contributed by atoms with Gasteiger partial charge >= 0.3 is 0 Å². The minimum atomic E-state index is 0.959. The van der Waals surface area contributed by atoms with Gasteiger partial charge in [-0.25, -0.2) is 0 Å². The molecular weight excluding hydrogens is 400 g/mol. The van der Waals surface area contributed by atoms with Crippen molar-refractivity contribution in [3.05, 3.63) is 71.0 Å². The molecule has 0 atom stereocenters. The largest absolute Gasteiger partial charge is 0.357 e. The van der Waals surface area contributed by atoms with Crippen molar-refractivity contribution >= 4 is 33.6 Å². The fourth-order valence-electron chi connectivity index (χ4n) is 4.13. The van der Waals surface area contributed by atoms with E-state index in [-0.39, 0.29) is 0 Å². The second-order valence-electron chi connectivity index (χ2n) is 8.41. The molecule has 2 heterocycles. The van der Waals surface area contributed by atoms with Gasteiger partial charge in [0.05, 0.1) is 0 Å². The molecule has 0 aliphatic rings. The van der Waals surface area contributed by atoms with Crippen molar-refractivity contribution in [1.82, 2.24) is 19.8 Å². The summed E-state index contributed by atoms with van der Waals surface area (Å²) >= 11 is 2.02. The molecule has 2 aromatic heterocycles. The van der Waals surface area contributed by atoms with Gasteiger partial charge in [-0.2, -0.15) is 11.8 Å². The van der Waals surface area contributed by atoms with E-state index in [4.69, 9.17) is 0 Å². The molecule has 0 saturated carbocycles. The van der Waals surface area contributed by atoms with Crippen LogP contribution >= 0.6 is 11.8 Å². The van der Waals surface area contributed by atoms with Gasteiger partial charge in [0.2, 0.25) is 0 Å². The van der Waals surface area contributed by atoms with Crippen LogP contribution in [0.15, 0.2) is 48.5 Å². The van der Waals surface area contributed by atoms with E-state index in [1.807, 2.05) is 11.8 Å². The van der Waals surface area contributed by atoms with E-state index in [1.165, 1.54) is 44.3 Å². The highest BCUT2D eigenvalue weighted by atomic mass is 32.2. The average Bonchev–Trinajstić information content (AvgIpc) is 3.31. The van der Waals surface area contributed by atoms with Gasteiger partial charge in [-0.3, -0.25) is 0 Å². The fourth-order valence-corrected chi connectivity index (χ4v) is 5.30. The second kappa shape index (κ2) is 9.94. The van der Waals surface area contributed by atoms with Crippen LogP contribution in [0, 0.1) is 0 Å². The van der Waals surface area contributed by atoms with Crippen molar-refractivity contribution in [2.75, 3.05) is 27.2 Å². The number of para-hydroxylation sites is 2. The molecule has 0 spiro atoms. The molecule has 0 radical (unpaired) electrons. The molecule has 2 aromatic carbocycles. The van der Waals surface area contributed by atoms with E-state index in [1.54, 1.807) is 0 Å². The lowest BCUT2D eigenvalue weighted by atomic mass is 10.1. The van der Waals surface area contributed by atoms with Crippen LogP contribution in [0.3, 0.4) is 0 Å². The van der Waals surface area contributed by atoms with E-state index in [9.17, 15) is 0 Å². The third kappa shape index (κ3) is 4.84. The number of nitrogens with one attached hydrogen (secondary N) is 2. The minimum Gasteiger partial charge on any atom is -0.357 e. The molecule has 4 rings (SSSR count). The maximum atomic E-state index is 3.68. The SMILES string of the molecule is CCN(C)Cc1[nH]c2ccccc2c1CSCc1c(CN(C)CC)[nH]c2ccccc12. The smallest absolute Gasteiger partial charge is 0.0459 e. The number of hydrogen-bond acceptors (Lipinski definition) is 3. The van der Waals surface area contributed by atoms with Crippen LogP contribution in [0.4, 0.5) is 0 Å². The molecule has 2 N–H and O–H groups in total. The molecule has 0 aliphatic carbocycles. The van der Waals surface area contributed by atoms with Crippen LogP contribution in [-0.2, 0) is 24.6 Å². The fraction of sp³-hybridized carbons (Fsp3) is 0.385. The number of fused-ring (bicyclic) bond motifs is 2. The summed E-state index contributed by atoms with van der Waals surface area (Å²) in [4.78, 5) is 12.1. The Balaban J connectivity index is 1.58. The number of aromatic amines is 2. The van der Waals surface area contributed by atoms with Crippen LogP contribution in [0.5, 0.6) is 0 Å². The Hall–Kier alpha value is -2.21. The number of aromatic nitrogens is 2. The van der Waals surface area contributed by atoms with Crippen LogP contribution in [0.25, 0.3) is 21.8 Å². The standard InChI is InChI=1S/C26H34N4S/c1-5-29(3)15-25-21(19-11-7-9-13-23(19)27-25)17-31-18-22-20-12-8-10-14-24(20)28-26(22)16-30(4)6-2/h7-14,27-28H,5-6,15-18H2,1-4H3. The zero-order chi connectivity index (χ0) is 21.8. The summed E-state index contributed by atoms with van der Waals surface area (Å²) in [7, 11) is 4.37. The molecule has 164 valence electrons. The van der Waals surface area contributed by atoms with E-state index in [0.29, 0.717) is 0 Å². The maximum absolute atomic E-state index is 3.68. The van der Waals surface area contributed by atoms with E-state index >= 15 is 0 Å². The summed E-state index contributed by atoms with van der Waals surface area (Å²) in [6, 6.07) is 17.4. The first-order valence-electron chi connectivity index (χ1n) is 11.2. The zero-order valence-corrected chi connectivity index (χ0v) is 20.0. The van der Waals surface area contributed by atoms with Crippen LogP contribution < -0.4 is 0 Å². The minimum absolute atomic E-state index is 0.959. The lowest BCUT2D eigenvalue weighted by Gasteiger charge is -2.15. The van der Waals surface area contributed by atoms with Crippen LogP contribution in [0.1, 0.15) is 36.4 Å². The van der Waals surface area contributed by atoms with E-state index < -0.39 is 0 Å². The maximum Gasteiger partial charge on any atom is 0.0459 e. The quantitative estimate of drug-likeness (QED) is 0.322. The van der Waals surface area contributed by atoms with E-state index in [0.717, 1.165) is 37.7 Å². The van der Waals surface area contributed by atoms with Crippen molar-refractivity contribution in [2.24, 2.45) is 0 Å². The third-order valence-corrected chi connectivity index (χ3v) is 7.22. The normalized spacial score (nSPS) is 12.1. The van der Waals surface area contributed by atoms with Gasteiger partial charge in [0.25, 0.3) is 0 Å². The molecule has 31 heavy (non-hydrogen) atoms. The van der Waals surface area contributed by atoms with Crippen molar-refractivity contribution < 1.29 is 0 Å². The molecule has 0 bridgehead atoms. The van der Waals surface area contributed by atoms with Crippen LogP contribution in [-0.4, -0.2) is 47.0 Å². The molecule has 0 saturated heterocycles. The molecule has 4 nitrogen and oxygen atoms in total. The second-order valence-corrected chi connectivity index (χ2v) is 9.39. The zero-order valence-electron chi connectivity index (χ0n) is 19.2. The Morgan fingerprint density at radius 3 is 1.52 bits per heavy atom. The predicted molar refractivity (Wildman–Crippen MR) is 136 cm³/mol. The lowest BCUT2D eigenvalue weighted by molar-refractivity contribution is 0.341. The first kappa shape index (κ1) is 22.0. The summed E-state index contributed by atoms with van der Waals surface area (Å²) in [5.41, 5.74) is 8.09. The van der Waals surface area contributed by atoms with Crippen molar-refractivity contribution in [2.45, 2.75) is 38.4 Å². The summed E-state index contributed by atoms with van der Waals surface area (Å²) < 4.78 is 0. The topological polar surface area (TPSA) is 38.1 Å². The predicted octanol–water partition coefficient (Wildman–Crippen LogP) is 5.99. The average molecular weight is 435 g/mol. The Morgan fingerprint density at radius 2 is 1.10 bits per heavy atom. The number of hydrogen-bond donors (Lipinski definition) is 2. The van der Waals surface area contributed by atoms with Gasteiger partial charge in [-0.15, -0.1) is 0 Å². The highest BCUT2D eigenvalue weighted by Crippen LogP contribution is 2.32. The molecule has 0 fully saturated rings. The Kier molecular flexibility index (Phi) is 7.06. The monoisotopic (exact) mass is 434 g/mol. The van der Waals surface area contributed by atoms with Gasteiger partial charge in [-0.05, 0) is 50.4 Å². The van der Waals surface area contributed by atoms with Gasteiger partial charge in [0, 0.05) is 57.8 Å². The van der Waals surface area contributed by atoms with E-state index in [2.05, 4.69) is 96.2 Å². The third-order valence-electron chi connectivity index (χ3n) is 6.23. The summed E-state index contributed by atoms with van der Waals surface area (Å²) in [6.45, 7) is 8.43.